The van der Waals surface area contributed by atoms with Crippen molar-refractivity contribution in [2.75, 3.05) is 50.9 Å². The van der Waals surface area contributed by atoms with E-state index in [2.05, 4.69) is 19.9 Å². The van der Waals surface area contributed by atoms with Gasteiger partial charge in [0, 0.05) is 37.1 Å². The van der Waals surface area contributed by atoms with E-state index in [1.54, 1.807) is 24.3 Å². The molecule has 13 heteroatoms. The molecule has 1 aliphatic heterocycles. The maximum Gasteiger partial charge on any atom is 0.267 e. The summed E-state index contributed by atoms with van der Waals surface area (Å²) in [7, 11) is 1.54. The number of ether oxygens (including phenoxy) is 2. The molecule has 1 atom stereocenters. The average Bonchev–Trinajstić information content (AvgIpc) is 3.29. The van der Waals surface area contributed by atoms with E-state index in [4.69, 9.17) is 24.5 Å². The Labute approximate surface area is 233 Å². The third-order valence-electron chi connectivity index (χ3n) is 6.66. The number of hydrogen-bond donors (Lipinski definition) is 2. The van der Waals surface area contributed by atoms with Crippen LogP contribution < -0.4 is 14.8 Å². The van der Waals surface area contributed by atoms with Crippen molar-refractivity contribution in [2.24, 2.45) is 0 Å². The molecule has 5 rings (SSSR count). The van der Waals surface area contributed by atoms with Crippen LogP contribution >= 0.6 is 0 Å². The lowest BCUT2D eigenvalue weighted by Gasteiger charge is -2.23. The van der Waals surface area contributed by atoms with Crippen LogP contribution in [0.3, 0.4) is 0 Å². The lowest BCUT2D eigenvalue weighted by atomic mass is 10.2. The molecule has 40 heavy (non-hydrogen) atoms. The van der Waals surface area contributed by atoms with Crippen LogP contribution in [0.5, 0.6) is 5.75 Å². The number of aryl methyl sites for hydroxylation is 1. The van der Waals surface area contributed by atoms with E-state index >= 15 is 0 Å². The molecule has 4 aromatic rings. The monoisotopic (exact) mass is 566 g/mol. The highest BCUT2D eigenvalue weighted by molar-refractivity contribution is 7.92. The van der Waals surface area contributed by atoms with Crippen LogP contribution in [0.25, 0.3) is 22.4 Å². The number of nitrogens with zero attached hydrogens (tertiary/aromatic N) is 6. The lowest BCUT2D eigenvalue weighted by molar-refractivity contribution is -0.0371. The first-order valence-electron chi connectivity index (χ1n) is 13.1. The molecule has 0 aliphatic carbocycles. The van der Waals surface area contributed by atoms with Gasteiger partial charge in [0.1, 0.15) is 16.5 Å². The summed E-state index contributed by atoms with van der Waals surface area (Å²) in [6.45, 7) is 4.18. The molecule has 0 bridgehead atoms. The summed E-state index contributed by atoms with van der Waals surface area (Å²) in [6.07, 6.45) is 5.53. The molecule has 0 radical (unpaired) electrons. The Hall–Kier alpha value is -3.81. The molecule has 3 aromatic heterocycles. The van der Waals surface area contributed by atoms with Crippen LogP contribution in [0, 0.1) is 6.92 Å². The molecule has 0 amide bonds. The summed E-state index contributed by atoms with van der Waals surface area (Å²) in [6, 6.07) is 8.42. The topological polar surface area (TPSA) is 136 Å². The Morgan fingerprint density at radius 2 is 1.95 bits per heavy atom. The fourth-order valence-corrected chi connectivity index (χ4v) is 5.79. The van der Waals surface area contributed by atoms with Crippen LogP contribution in [0.2, 0.25) is 0 Å². The average molecular weight is 567 g/mol. The smallest absolute Gasteiger partial charge is 0.267 e. The third kappa shape index (κ3) is 5.86. The van der Waals surface area contributed by atoms with Crippen LogP contribution in [0.15, 0.2) is 47.6 Å². The predicted octanol–water partition coefficient (Wildman–Crippen LogP) is 3.68. The summed E-state index contributed by atoms with van der Waals surface area (Å²) < 4.78 is 41.6. The predicted molar refractivity (Wildman–Crippen MR) is 153 cm³/mol. The molecular weight excluding hydrogens is 532 g/mol. The van der Waals surface area contributed by atoms with Crippen molar-refractivity contribution in [1.82, 2.24) is 29.6 Å². The Balaban J connectivity index is 1.49. The number of benzene rings is 1. The molecular formula is C27H34N8O4S. The summed E-state index contributed by atoms with van der Waals surface area (Å²) in [5.41, 5.74) is 2.65. The molecule has 4 heterocycles. The normalized spacial score (nSPS) is 15.9. The fraction of sp³-hybridized carbons (Fsp3) is 0.407. The highest BCUT2D eigenvalue weighted by atomic mass is 32.2. The quantitative estimate of drug-likeness (QED) is 0.292. The van der Waals surface area contributed by atoms with Gasteiger partial charge in [-0.2, -0.15) is 5.10 Å². The van der Waals surface area contributed by atoms with Crippen LogP contribution in [0.1, 0.15) is 31.2 Å². The summed E-state index contributed by atoms with van der Waals surface area (Å²) in [4.78, 5) is 15.8. The Morgan fingerprint density at radius 3 is 2.65 bits per heavy atom. The molecule has 0 spiro atoms. The number of pyridine rings is 1. The molecule has 0 saturated carbocycles. The number of fused-ring (bicyclic) bond motifs is 1. The SMILES string of the molecule is COc1ccncc1S(=O)(=O)Nc1ccc(-c2nc(NCCN(C)C)c3c(C)nn(C4CCCCO4)c3n2)cc1. The van der Waals surface area contributed by atoms with Crippen LogP contribution in [-0.2, 0) is 14.8 Å². The van der Waals surface area contributed by atoms with Crippen molar-refractivity contribution in [3.05, 3.63) is 48.4 Å². The van der Waals surface area contributed by atoms with Gasteiger partial charge in [0.05, 0.1) is 24.4 Å². The van der Waals surface area contributed by atoms with Crippen molar-refractivity contribution in [1.29, 1.82) is 0 Å². The van der Waals surface area contributed by atoms with Gasteiger partial charge < -0.3 is 19.7 Å². The Morgan fingerprint density at radius 1 is 1.15 bits per heavy atom. The van der Waals surface area contributed by atoms with Crippen molar-refractivity contribution in [3.8, 4) is 17.1 Å². The Bertz CT molecular complexity index is 1580. The lowest BCUT2D eigenvalue weighted by Crippen LogP contribution is -2.21. The van der Waals surface area contributed by atoms with Gasteiger partial charge in [0.2, 0.25) is 0 Å². The zero-order valence-electron chi connectivity index (χ0n) is 23.1. The Kier molecular flexibility index (Phi) is 8.14. The second-order valence-electron chi connectivity index (χ2n) is 9.89. The van der Waals surface area contributed by atoms with Gasteiger partial charge in [-0.05, 0) is 70.6 Å². The van der Waals surface area contributed by atoms with Crippen LogP contribution in [0.4, 0.5) is 11.5 Å². The number of methoxy groups -OCH3 is 1. The second kappa shape index (κ2) is 11.7. The van der Waals surface area contributed by atoms with E-state index in [1.165, 1.54) is 25.6 Å². The molecule has 1 aliphatic rings. The van der Waals surface area contributed by atoms with Gasteiger partial charge in [0.25, 0.3) is 10.0 Å². The number of aromatic nitrogens is 5. The highest BCUT2D eigenvalue weighted by Gasteiger charge is 2.24. The van der Waals surface area contributed by atoms with Crippen molar-refractivity contribution in [2.45, 2.75) is 37.3 Å². The second-order valence-corrected chi connectivity index (χ2v) is 11.5. The van der Waals surface area contributed by atoms with Crippen molar-refractivity contribution < 1.29 is 17.9 Å². The number of rotatable bonds is 10. The van der Waals surface area contributed by atoms with Gasteiger partial charge in [-0.15, -0.1) is 0 Å². The van der Waals surface area contributed by atoms with Gasteiger partial charge in [-0.25, -0.2) is 23.1 Å². The van der Waals surface area contributed by atoms with Gasteiger partial charge >= 0.3 is 0 Å². The van der Waals surface area contributed by atoms with Crippen molar-refractivity contribution >= 4 is 32.6 Å². The third-order valence-corrected chi connectivity index (χ3v) is 8.05. The number of hydrogen-bond acceptors (Lipinski definition) is 10. The number of anilines is 2. The van der Waals surface area contributed by atoms with E-state index in [1.807, 2.05) is 25.7 Å². The number of likely N-dealkylation sites (N-methyl/N-ethyl adjacent to an activating group) is 1. The standard InChI is InChI=1S/C27H34N8O4S/c1-18-24-26(29-14-15-34(2)3)30-25(31-27(24)35(32-18)23-7-5-6-16-39-23)19-8-10-20(11-9-19)33-40(36,37)22-17-28-13-12-21(22)38-4/h8-13,17,23,33H,5-7,14-16H2,1-4H3,(H,29,30,31). The minimum absolute atomic E-state index is 0.0441. The number of nitrogens with one attached hydrogen (secondary N) is 2. The maximum atomic E-state index is 13.0. The molecule has 1 saturated heterocycles. The van der Waals surface area contributed by atoms with Gasteiger partial charge in [0.15, 0.2) is 17.7 Å². The highest BCUT2D eigenvalue weighted by Crippen LogP contribution is 2.32. The largest absolute Gasteiger partial charge is 0.495 e. The van der Waals surface area contributed by atoms with E-state index in [9.17, 15) is 8.42 Å². The molecule has 2 N–H and O–H groups in total. The van der Waals surface area contributed by atoms with E-state index in [0.29, 0.717) is 36.1 Å². The van der Waals surface area contributed by atoms with Crippen LogP contribution in [-0.4, -0.2) is 79.0 Å². The zero-order valence-corrected chi connectivity index (χ0v) is 23.9. The fourth-order valence-electron chi connectivity index (χ4n) is 4.61. The molecule has 1 unspecified atom stereocenters. The maximum absolute atomic E-state index is 13.0. The molecule has 1 aromatic carbocycles. The first kappa shape index (κ1) is 27.7. The van der Waals surface area contributed by atoms with E-state index in [0.717, 1.165) is 42.5 Å². The molecule has 12 nitrogen and oxygen atoms in total. The first-order chi connectivity index (χ1) is 19.3. The van der Waals surface area contributed by atoms with E-state index < -0.39 is 10.0 Å². The summed E-state index contributed by atoms with van der Waals surface area (Å²) in [5, 5.41) is 9.12. The van der Waals surface area contributed by atoms with E-state index in [-0.39, 0.29) is 16.9 Å². The minimum atomic E-state index is -3.91. The first-order valence-corrected chi connectivity index (χ1v) is 14.6. The van der Waals surface area contributed by atoms with Gasteiger partial charge in [-0.1, -0.05) is 0 Å². The van der Waals surface area contributed by atoms with Crippen molar-refractivity contribution in [3.63, 3.8) is 0 Å². The summed E-state index contributed by atoms with van der Waals surface area (Å²) in [5.74, 6) is 1.42. The summed E-state index contributed by atoms with van der Waals surface area (Å²) >= 11 is 0. The van der Waals surface area contributed by atoms with Gasteiger partial charge in [-0.3, -0.25) is 9.71 Å². The molecule has 212 valence electrons. The molecule has 1 fully saturated rings. The number of sulfonamides is 1. The minimum Gasteiger partial charge on any atom is -0.495 e. The zero-order chi connectivity index (χ0) is 28.3.